The zero-order valence-corrected chi connectivity index (χ0v) is 13.0. The number of nitrogens with one attached hydrogen (secondary N) is 2. The number of nitro benzene ring substituents is 1. The Hall–Kier alpha value is -2.89. The van der Waals surface area contributed by atoms with Gasteiger partial charge in [-0.2, -0.15) is 0 Å². The van der Waals surface area contributed by atoms with Crippen LogP contribution in [0.15, 0.2) is 59.6 Å². The Bertz CT molecular complexity index is 654. The second-order valence-corrected chi connectivity index (χ2v) is 4.96. The summed E-state index contributed by atoms with van der Waals surface area (Å²) in [6, 6.07) is 16.5. The molecule has 0 atom stereocenters. The van der Waals surface area contributed by atoms with E-state index in [2.05, 4.69) is 15.6 Å². The van der Waals surface area contributed by atoms with Crippen LogP contribution in [0.1, 0.15) is 18.1 Å². The number of guanidine groups is 1. The van der Waals surface area contributed by atoms with Crippen LogP contribution in [-0.2, 0) is 13.1 Å². The molecule has 2 rings (SSSR count). The first kappa shape index (κ1) is 16.5. The monoisotopic (exact) mass is 312 g/mol. The summed E-state index contributed by atoms with van der Waals surface area (Å²) in [5.41, 5.74) is 2.19. The van der Waals surface area contributed by atoms with Crippen molar-refractivity contribution in [2.75, 3.05) is 6.54 Å². The molecule has 0 spiro atoms. The van der Waals surface area contributed by atoms with Gasteiger partial charge in [-0.3, -0.25) is 10.1 Å². The van der Waals surface area contributed by atoms with Gasteiger partial charge in [-0.05, 0) is 18.1 Å². The summed E-state index contributed by atoms with van der Waals surface area (Å²) in [6.07, 6.45) is 0. The molecule has 23 heavy (non-hydrogen) atoms. The predicted molar refractivity (Wildman–Crippen MR) is 91.2 cm³/mol. The molecule has 0 aliphatic carbocycles. The van der Waals surface area contributed by atoms with Gasteiger partial charge in [0.25, 0.3) is 5.69 Å². The molecule has 0 aliphatic heterocycles. The molecular weight excluding hydrogens is 292 g/mol. The summed E-state index contributed by atoms with van der Waals surface area (Å²) >= 11 is 0. The molecule has 2 aromatic rings. The molecule has 0 aliphatic rings. The molecule has 2 aromatic carbocycles. The molecule has 0 bridgehead atoms. The van der Waals surface area contributed by atoms with Crippen LogP contribution in [0.4, 0.5) is 5.69 Å². The molecule has 0 saturated heterocycles. The van der Waals surface area contributed by atoms with Gasteiger partial charge in [-0.15, -0.1) is 0 Å². The zero-order chi connectivity index (χ0) is 16.5. The summed E-state index contributed by atoms with van der Waals surface area (Å²) in [5.74, 6) is 0.717. The van der Waals surface area contributed by atoms with E-state index in [1.807, 2.05) is 37.3 Å². The minimum atomic E-state index is -0.400. The highest BCUT2D eigenvalue weighted by Gasteiger charge is 2.04. The van der Waals surface area contributed by atoms with Crippen LogP contribution in [0.25, 0.3) is 0 Å². The van der Waals surface area contributed by atoms with Crippen molar-refractivity contribution in [2.24, 2.45) is 4.99 Å². The molecule has 0 radical (unpaired) electrons. The highest BCUT2D eigenvalue weighted by molar-refractivity contribution is 5.79. The van der Waals surface area contributed by atoms with Crippen molar-refractivity contribution >= 4 is 11.6 Å². The van der Waals surface area contributed by atoms with E-state index < -0.39 is 4.92 Å². The van der Waals surface area contributed by atoms with Crippen molar-refractivity contribution in [1.82, 2.24) is 10.6 Å². The van der Waals surface area contributed by atoms with Crippen LogP contribution in [0.5, 0.6) is 0 Å². The van der Waals surface area contributed by atoms with Crippen molar-refractivity contribution in [1.29, 1.82) is 0 Å². The molecule has 0 fully saturated rings. The number of hydrogen-bond acceptors (Lipinski definition) is 3. The van der Waals surface area contributed by atoms with Gasteiger partial charge in [0.1, 0.15) is 0 Å². The van der Waals surface area contributed by atoms with E-state index in [-0.39, 0.29) is 5.69 Å². The SMILES string of the molecule is CCNC(=NCc1ccccc1)NCc1ccc([N+](=O)[O-])cc1. The van der Waals surface area contributed by atoms with Gasteiger partial charge in [-0.1, -0.05) is 42.5 Å². The predicted octanol–water partition coefficient (Wildman–Crippen LogP) is 2.85. The molecule has 0 unspecified atom stereocenters. The van der Waals surface area contributed by atoms with Gasteiger partial charge in [0.15, 0.2) is 5.96 Å². The van der Waals surface area contributed by atoms with E-state index >= 15 is 0 Å². The van der Waals surface area contributed by atoms with E-state index in [4.69, 9.17) is 0 Å². The Morgan fingerprint density at radius 3 is 2.35 bits per heavy atom. The molecule has 120 valence electrons. The van der Waals surface area contributed by atoms with Gasteiger partial charge in [0, 0.05) is 25.2 Å². The Morgan fingerprint density at radius 2 is 1.74 bits per heavy atom. The number of aliphatic imine (C=N–C) groups is 1. The Labute approximate surface area is 135 Å². The zero-order valence-electron chi connectivity index (χ0n) is 13.0. The number of nitro groups is 1. The third kappa shape index (κ3) is 5.43. The van der Waals surface area contributed by atoms with Gasteiger partial charge in [0.05, 0.1) is 11.5 Å². The van der Waals surface area contributed by atoms with Crippen LogP contribution in [-0.4, -0.2) is 17.4 Å². The molecule has 0 amide bonds. The smallest absolute Gasteiger partial charge is 0.269 e. The van der Waals surface area contributed by atoms with Gasteiger partial charge in [0.2, 0.25) is 0 Å². The fraction of sp³-hybridized carbons (Fsp3) is 0.235. The fourth-order valence-corrected chi connectivity index (χ4v) is 2.02. The highest BCUT2D eigenvalue weighted by Crippen LogP contribution is 2.11. The lowest BCUT2D eigenvalue weighted by Gasteiger charge is -2.11. The summed E-state index contributed by atoms with van der Waals surface area (Å²) in [4.78, 5) is 14.8. The minimum Gasteiger partial charge on any atom is -0.357 e. The molecule has 2 N–H and O–H groups in total. The quantitative estimate of drug-likeness (QED) is 0.372. The van der Waals surface area contributed by atoms with Crippen molar-refractivity contribution < 1.29 is 4.92 Å². The maximum Gasteiger partial charge on any atom is 0.269 e. The first-order chi connectivity index (χ1) is 11.2. The molecular formula is C17H20N4O2. The maximum absolute atomic E-state index is 10.6. The first-order valence-corrected chi connectivity index (χ1v) is 7.48. The summed E-state index contributed by atoms with van der Waals surface area (Å²) < 4.78 is 0. The molecule has 6 heteroatoms. The van der Waals surface area contributed by atoms with Gasteiger partial charge in [-0.25, -0.2) is 4.99 Å². The largest absolute Gasteiger partial charge is 0.357 e. The van der Waals surface area contributed by atoms with Crippen molar-refractivity contribution in [2.45, 2.75) is 20.0 Å². The topological polar surface area (TPSA) is 79.6 Å². The number of rotatable bonds is 6. The van der Waals surface area contributed by atoms with Crippen LogP contribution >= 0.6 is 0 Å². The highest BCUT2D eigenvalue weighted by atomic mass is 16.6. The van der Waals surface area contributed by atoms with E-state index in [0.29, 0.717) is 13.1 Å². The van der Waals surface area contributed by atoms with Crippen LogP contribution in [0.2, 0.25) is 0 Å². The number of non-ortho nitro benzene ring substituents is 1. The molecule has 0 saturated carbocycles. The van der Waals surface area contributed by atoms with E-state index in [0.717, 1.165) is 23.6 Å². The first-order valence-electron chi connectivity index (χ1n) is 7.48. The standard InChI is InChI=1S/C17H20N4O2/c1-2-18-17(19-12-14-6-4-3-5-7-14)20-13-15-8-10-16(11-9-15)21(22)23/h3-11H,2,12-13H2,1H3,(H2,18,19,20). The van der Waals surface area contributed by atoms with E-state index in [1.54, 1.807) is 12.1 Å². The van der Waals surface area contributed by atoms with Crippen molar-refractivity contribution in [3.63, 3.8) is 0 Å². The second kappa shape index (κ2) is 8.53. The Balaban J connectivity index is 1.94. The van der Waals surface area contributed by atoms with E-state index in [9.17, 15) is 10.1 Å². The number of benzene rings is 2. The lowest BCUT2D eigenvalue weighted by molar-refractivity contribution is -0.384. The van der Waals surface area contributed by atoms with Gasteiger partial charge < -0.3 is 10.6 Å². The Morgan fingerprint density at radius 1 is 1.04 bits per heavy atom. The lowest BCUT2D eigenvalue weighted by atomic mass is 10.2. The van der Waals surface area contributed by atoms with Crippen LogP contribution < -0.4 is 10.6 Å². The van der Waals surface area contributed by atoms with Crippen molar-refractivity contribution in [3.05, 3.63) is 75.8 Å². The van der Waals surface area contributed by atoms with Gasteiger partial charge >= 0.3 is 0 Å². The summed E-state index contributed by atoms with van der Waals surface area (Å²) in [7, 11) is 0. The van der Waals surface area contributed by atoms with Crippen LogP contribution in [0.3, 0.4) is 0 Å². The second-order valence-electron chi connectivity index (χ2n) is 4.96. The third-order valence-corrected chi connectivity index (χ3v) is 3.21. The summed E-state index contributed by atoms with van der Waals surface area (Å²) in [6.45, 7) is 3.92. The molecule has 0 heterocycles. The normalized spacial score (nSPS) is 11.1. The lowest BCUT2D eigenvalue weighted by Crippen LogP contribution is -2.36. The average Bonchev–Trinajstić information content (AvgIpc) is 2.58. The fourth-order valence-electron chi connectivity index (χ4n) is 2.02. The number of nitrogens with zero attached hydrogens (tertiary/aromatic N) is 2. The number of hydrogen-bond donors (Lipinski definition) is 2. The van der Waals surface area contributed by atoms with Crippen molar-refractivity contribution in [3.8, 4) is 0 Å². The average molecular weight is 312 g/mol. The summed E-state index contributed by atoms with van der Waals surface area (Å²) in [5, 5.41) is 17.1. The third-order valence-electron chi connectivity index (χ3n) is 3.21. The maximum atomic E-state index is 10.6. The molecule has 6 nitrogen and oxygen atoms in total. The van der Waals surface area contributed by atoms with Crippen LogP contribution in [0, 0.1) is 10.1 Å². The Kier molecular flexibility index (Phi) is 6.11. The van der Waals surface area contributed by atoms with E-state index in [1.165, 1.54) is 12.1 Å². The molecule has 0 aromatic heterocycles. The minimum absolute atomic E-state index is 0.0957.